The van der Waals surface area contributed by atoms with Gasteiger partial charge < -0.3 is 19.3 Å². The zero-order valence-corrected chi connectivity index (χ0v) is 16.1. The highest BCUT2D eigenvalue weighted by Crippen LogP contribution is 2.35. The van der Waals surface area contributed by atoms with Gasteiger partial charge in [-0.2, -0.15) is 4.98 Å². The number of nitrogens with one attached hydrogen (secondary N) is 1. The quantitative estimate of drug-likeness (QED) is 0.522. The van der Waals surface area contributed by atoms with Crippen molar-refractivity contribution in [1.82, 2.24) is 20.4 Å². The highest BCUT2D eigenvalue weighted by Gasteiger charge is 2.19. The first-order valence-electron chi connectivity index (χ1n) is 8.88. The molecule has 2 aromatic carbocycles. The molecular formula is C20H13FN4O4S. The standard InChI is InChI=1S/C20H13FN4O4S/c21-13-4-1-11(2-5-13)8-22-18(26)20-23-14(9-30-20)19-24-17(25-29-19)12-3-6-15-16(7-12)28-10-27-15/h1-7,9H,8,10H2,(H,22,26). The number of carbonyl (C=O) groups is 1. The number of carbonyl (C=O) groups excluding carboxylic acids is 1. The molecule has 0 fully saturated rings. The van der Waals surface area contributed by atoms with Crippen molar-refractivity contribution in [3.63, 3.8) is 0 Å². The number of benzene rings is 2. The summed E-state index contributed by atoms with van der Waals surface area (Å²) in [6.07, 6.45) is 0. The van der Waals surface area contributed by atoms with Crippen LogP contribution in [0.25, 0.3) is 23.0 Å². The van der Waals surface area contributed by atoms with E-state index in [1.807, 2.05) is 0 Å². The van der Waals surface area contributed by atoms with Crippen LogP contribution in [0.4, 0.5) is 4.39 Å². The van der Waals surface area contributed by atoms with Crippen LogP contribution < -0.4 is 14.8 Å². The van der Waals surface area contributed by atoms with Crippen LogP contribution >= 0.6 is 11.3 Å². The Morgan fingerprint density at radius 3 is 2.80 bits per heavy atom. The summed E-state index contributed by atoms with van der Waals surface area (Å²) in [5.74, 6) is 1.20. The molecule has 2 aromatic heterocycles. The molecule has 1 aliphatic heterocycles. The largest absolute Gasteiger partial charge is 0.454 e. The molecule has 8 nitrogen and oxygen atoms in total. The second-order valence-corrected chi connectivity index (χ2v) is 7.20. The lowest BCUT2D eigenvalue weighted by atomic mass is 10.2. The van der Waals surface area contributed by atoms with Crippen LogP contribution in [0.5, 0.6) is 11.5 Å². The molecule has 0 saturated heterocycles. The zero-order chi connectivity index (χ0) is 20.5. The Hall–Kier alpha value is -3.79. The van der Waals surface area contributed by atoms with E-state index >= 15 is 0 Å². The summed E-state index contributed by atoms with van der Waals surface area (Å²) in [5.41, 5.74) is 1.90. The number of halogens is 1. The van der Waals surface area contributed by atoms with Gasteiger partial charge in [0.05, 0.1) is 0 Å². The predicted octanol–water partition coefficient (Wildman–Crippen LogP) is 3.66. The molecule has 1 amide bonds. The molecule has 0 spiro atoms. The Morgan fingerprint density at radius 2 is 1.93 bits per heavy atom. The van der Waals surface area contributed by atoms with Crippen molar-refractivity contribution >= 4 is 17.2 Å². The summed E-state index contributed by atoms with van der Waals surface area (Å²) in [5, 5.41) is 8.65. The number of thiazole rings is 1. The normalized spacial score (nSPS) is 12.2. The number of aromatic nitrogens is 3. The molecule has 1 N–H and O–H groups in total. The Bertz CT molecular complexity index is 1220. The van der Waals surface area contributed by atoms with Gasteiger partial charge in [0.1, 0.15) is 11.5 Å². The van der Waals surface area contributed by atoms with Crippen molar-refractivity contribution in [2.24, 2.45) is 0 Å². The first-order chi connectivity index (χ1) is 14.7. The maximum Gasteiger partial charge on any atom is 0.280 e. The maximum atomic E-state index is 13.0. The van der Waals surface area contributed by atoms with Crippen LogP contribution in [-0.4, -0.2) is 27.8 Å². The molecule has 4 aromatic rings. The number of nitrogens with zero attached hydrogens (tertiary/aromatic N) is 3. The molecule has 1 aliphatic rings. The average molecular weight is 424 g/mol. The van der Waals surface area contributed by atoms with Gasteiger partial charge in [-0.15, -0.1) is 11.3 Å². The molecule has 0 atom stereocenters. The third-order valence-corrected chi connectivity index (χ3v) is 5.18. The monoisotopic (exact) mass is 424 g/mol. The van der Waals surface area contributed by atoms with Gasteiger partial charge in [0, 0.05) is 17.5 Å². The number of hydrogen-bond acceptors (Lipinski definition) is 8. The lowest BCUT2D eigenvalue weighted by Gasteiger charge is -2.02. The van der Waals surface area contributed by atoms with Crippen LogP contribution in [-0.2, 0) is 6.54 Å². The second-order valence-electron chi connectivity index (χ2n) is 6.34. The van der Waals surface area contributed by atoms with E-state index in [1.165, 1.54) is 12.1 Å². The highest BCUT2D eigenvalue weighted by atomic mass is 32.1. The molecule has 0 aliphatic carbocycles. The van der Waals surface area contributed by atoms with Crippen LogP contribution in [0, 0.1) is 5.82 Å². The first kappa shape index (κ1) is 18.3. The van der Waals surface area contributed by atoms with E-state index in [2.05, 4.69) is 20.4 Å². The van der Waals surface area contributed by atoms with Crippen LogP contribution in [0.2, 0.25) is 0 Å². The van der Waals surface area contributed by atoms with E-state index in [-0.39, 0.29) is 36.0 Å². The van der Waals surface area contributed by atoms with E-state index in [1.54, 1.807) is 35.7 Å². The van der Waals surface area contributed by atoms with Gasteiger partial charge in [-0.1, -0.05) is 17.3 Å². The predicted molar refractivity (Wildman–Crippen MR) is 105 cm³/mol. The first-order valence-corrected chi connectivity index (χ1v) is 9.76. The van der Waals surface area contributed by atoms with E-state index in [0.29, 0.717) is 28.6 Å². The fourth-order valence-electron chi connectivity index (χ4n) is 2.82. The minimum absolute atomic E-state index is 0.182. The van der Waals surface area contributed by atoms with Crippen molar-refractivity contribution in [3.05, 3.63) is 64.2 Å². The smallest absolute Gasteiger partial charge is 0.280 e. The van der Waals surface area contributed by atoms with E-state index in [0.717, 1.165) is 16.9 Å². The van der Waals surface area contributed by atoms with Gasteiger partial charge >= 0.3 is 0 Å². The van der Waals surface area contributed by atoms with Gasteiger partial charge in [-0.3, -0.25) is 4.79 Å². The summed E-state index contributed by atoms with van der Waals surface area (Å²) < 4.78 is 28.9. The summed E-state index contributed by atoms with van der Waals surface area (Å²) in [6, 6.07) is 11.3. The van der Waals surface area contributed by atoms with E-state index < -0.39 is 0 Å². The molecule has 3 heterocycles. The molecule has 30 heavy (non-hydrogen) atoms. The van der Waals surface area contributed by atoms with Gasteiger partial charge in [0.2, 0.25) is 12.6 Å². The minimum atomic E-state index is -0.342. The average Bonchev–Trinajstić information content (AvgIpc) is 3.52. The van der Waals surface area contributed by atoms with Gasteiger partial charge in [0.15, 0.2) is 16.5 Å². The molecule has 0 radical (unpaired) electrons. The molecule has 150 valence electrons. The lowest BCUT2D eigenvalue weighted by molar-refractivity contribution is 0.0950. The van der Waals surface area contributed by atoms with Crippen LogP contribution in [0.1, 0.15) is 15.4 Å². The van der Waals surface area contributed by atoms with E-state index in [4.69, 9.17) is 14.0 Å². The Balaban J connectivity index is 1.28. The third-order valence-electron chi connectivity index (χ3n) is 4.34. The van der Waals surface area contributed by atoms with Crippen molar-refractivity contribution in [2.75, 3.05) is 6.79 Å². The molecular weight excluding hydrogens is 411 g/mol. The zero-order valence-electron chi connectivity index (χ0n) is 15.3. The second kappa shape index (κ2) is 7.56. The lowest BCUT2D eigenvalue weighted by Crippen LogP contribution is -2.22. The SMILES string of the molecule is O=C(NCc1ccc(F)cc1)c1nc(-c2nc(-c3ccc4c(c3)OCO4)no2)cs1. The molecule has 0 saturated carbocycles. The summed E-state index contributed by atoms with van der Waals surface area (Å²) in [4.78, 5) is 21.0. The van der Waals surface area contributed by atoms with Gasteiger partial charge in [-0.25, -0.2) is 9.37 Å². The summed E-state index contributed by atoms with van der Waals surface area (Å²) >= 11 is 1.16. The number of rotatable bonds is 5. The topological polar surface area (TPSA) is 99.4 Å². The Kier molecular flexibility index (Phi) is 4.60. The van der Waals surface area contributed by atoms with Gasteiger partial charge in [-0.05, 0) is 35.9 Å². The summed E-state index contributed by atoms with van der Waals surface area (Å²) in [7, 11) is 0. The number of hydrogen-bond donors (Lipinski definition) is 1. The minimum Gasteiger partial charge on any atom is -0.454 e. The van der Waals surface area contributed by atoms with Gasteiger partial charge in [0.25, 0.3) is 11.8 Å². The number of fused-ring (bicyclic) bond motifs is 1. The Morgan fingerprint density at radius 1 is 1.10 bits per heavy atom. The highest BCUT2D eigenvalue weighted by molar-refractivity contribution is 7.12. The fourth-order valence-corrected chi connectivity index (χ4v) is 3.52. The van der Waals surface area contributed by atoms with Crippen LogP contribution in [0.3, 0.4) is 0 Å². The molecule has 10 heteroatoms. The summed E-state index contributed by atoms with van der Waals surface area (Å²) in [6.45, 7) is 0.448. The van der Waals surface area contributed by atoms with Crippen molar-refractivity contribution in [3.8, 4) is 34.5 Å². The third kappa shape index (κ3) is 3.60. The molecule has 0 bridgehead atoms. The molecule has 5 rings (SSSR count). The van der Waals surface area contributed by atoms with Crippen molar-refractivity contribution in [1.29, 1.82) is 0 Å². The van der Waals surface area contributed by atoms with Crippen LogP contribution in [0.15, 0.2) is 52.4 Å². The number of amides is 1. The molecule has 0 unspecified atom stereocenters. The fraction of sp³-hybridized carbons (Fsp3) is 0.100. The van der Waals surface area contributed by atoms with Crippen molar-refractivity contribution in [2.45, 2.75) is 6.54 Å². The Labute approximate surface area is 173 Å². The van der Waals surface area contributed by atoms with Crippen molar-refractivity contribution < 1.29 is 23.2 Å². The van der Waals surface area contributed by atoms with E-state index in [9.17, 15) is 9.18 Å². The maximum absolute atomic E-state index is 13.0. The number of ether oxygens (including phenoxy) is 2.